The van der Waals surface area contributed by atoms with Crippen LogP contribution in [0.5, 0.6) is 11.5 Å². The van der Waals surface area contributed by atoms with E-state index in [1.165, 1.54) is 18.2 Å². The van der Waals surface area contributed by atoms with Gasteiger partial charge >= 0.3 is 0 Å². The molecule has 7 nitrogen and oxygen atoms in total. The van der Waals surface area contributed by atoms with E-state index in [9.17, 15) is 13.2 Å². The summed E-state index contributed by atoms with van der Waals surface area (Å²) < 4.78 is 38.1. The molecule has 3 aromatic rings. The van der Waals surface area contributed by atoms with Crippen LogP contribution in [0.1, 0.15) is 12.5 Å². The summed E-state index contributed by atoms with van der Waals surface area (Å²) in [7, 11) is -2.19. The second-order valence-corrected chi connectivity index (χ2v) is 8.37. The number of carbonyl (C=O) groups excluding carboxylic acids is 1. The van der Waals surface area contributed by atoms with Crippen LogP contribution in [0.4, 0.5) is 11.4 Å². The lowest BCUT2D eigenvalue weighted by atomic mass is 10.2. The molecule has 0 aromatic heterocycles. The number of hydrogen-bond donors (Lipinski definition) is 2. The molecule has 0 spiro atoms. The van der Waals surface area contributed by atoms with Crippen molar-refractivity contribution in [2.24, 2.45) is 0 Å². The molecule has 166 valence electrons. The van der Waals surface area contributed by atoms with Crippen molar-refractivity contribution in [2.45, 2.75) is 11.8 Å². The highest BCUT2D eigenvalue weighted by Gasteiger charge is 2.14. The van der Waals surface area contributed by atoms with Gasteiger partial charge in [-0.2, -0.15) is 0 Å². The summed E-state index contributed by atoms with van der Waals surface area (Å²) in [6.07, 6.45) is 2.99. The molecule has 3 aromatic carbocycles. The molecule has 0 aliphatic heterocycles. The number of amides is 1. The maximum absolute atomic E-state index is 12.6. The van der Waals surface area contributed by atoms with Gasteiger partial charge in [0, 0.05) is 17.5 Å². The Morgan fingerprint density at radius 3 is 2.06 bits per heavy atom. The molecular formula is C24H24N2O5S. The van der Waals surface area contributed by atoms with Gasteiger partial charge in [0.1, 0.15) is 11.5 Å². The van der Waals surface area contributed by atoms with Crippen molar-refractivity contribution in [1.82, 2.24) is 0 Å². The first-order valence-electron chi connectivity index (χ1n) is 9.88. The first-order valence-corrected chi connectivity index (χ1v) is 11.4. The van der Waals surface area contributed by atoms with E-state index in [0.29, 0.717) is 29.3 Å². The standard InChI is InChI=1S/C24H24N2O5S/c1-3-31-22-13-7-19(8-14-22)25-24(27)17-6-18-4-15-23(16-5-18)32(28,29)26-20-9-11-21(30-2)12-10-20/h4-17,26H,3H2,1-2H3,(H,25,27)/b17-6+. The van der Waals surface area contributed by atoms with Crippen LogP contribution in [0.25, 0.3) is 6.08 Å². The van der Waals surface area contributed by atoms with Crippen LogP contribution in [0, 0.1) is 0 Å². The molecule has 0 unspecified atom stereocenters. The zero-order valence-corrected chi connectivity index (χ0v) is 18.6. The van der Waals surface area contributed by atoms with E-state index in [0.717, 1.165) is 5.75 Å². The largest absolute Gasteiger partial charge is 0.497 e. The molecule has 0 fully saturated rings. The lowest BCUT2D eigenvalue weighted by Gasteiger charge is -2.09. The van der Waals surface area contributed by atoms with Gasteiger partial charge in [-0.15, -0.1) is 0 Å². The predicted octanol–water partition coefficient (Wildman–Crippen LogP) is 4.55. The van der Waals surface area contributed by atoms with Crippen molar-refractivity contribution in [1.29, 1.82) is 0 Å². The average Bonchev–Trinajstić information content (AvgIpc) is 2.80. The zero-order chi connectivity index (χ0) is 23.0. The van der Waals surface area contributed by atoms with E-state index in [-0.39, 0.29) is 10.8 Å². The fourth-order valence-corrected chi connectivity index (χ4v) is 3.85. The SMILES string of the molecule is CCOc1ccc(NC(=O)/C=C/c2ccc(S(=O)(=O)Nc3ccc(OC)cc3)cc2)cc1. The first-order chi connectivity index (χ1) is 15.4. The Morgan fingerprint density at radius 1 is 0.875 bits per heavy atom. The van der Waals surface area contributed by atoms with E-state index >= 15 is 0 Å². The van der Waals surface area contributed by atoms with E-state index in [2.05, 4.69) is 10.0 Å². The fraction of sp³-hybridized carbons (Fsp3) is 0.125. The molecule has 32 heavy (non-hydrogen) atoms. The van der Waals surface area contributed by atoms with Crippen molar-refractivity contribution < 1.29 is 22.7 Å². The molecule has 8 heteroatoms. The van der Waals surface area contributed by atoms with Crippen molar-refractivity contribution in [3.05, 3.63) is 84.4 Å². The maximum atomic E-state index is 12.6. The summed E-state index contributed by atoms with van der Waals surface area (Å²) in [6.45, 7) is 2.48. The lowest BCUT2D eigenvalue weighted by Crippen LogP contribution is -2.12. The maximum Gasteiger partial charge on any atom is 0.261 e. The van der Waals surface area contributed by atoms with E-state index < -0.39 is 10.0 Å². The minimum Gasteiger partial charge on any atom is -0.497 e. The van der Waals surface area contributed by atoms with Gasteiger partial charge < -0.3 is 14.8 Å². The number of sulfonamides is 1. The van der Waals surface area contributed by atoms with Crippen LogP contribution in [0.15, 0.2) is 83.8 Å². The number of rotatable bonds is 9. The number of hydrogen-bond acceptors (Lipinski definition) is 5. The molecule has 0 heterocycles. The molecule has 0 saturated heterocycles. The van der Waals surface area contributed by atoms with E-state index in [1.54, 1.807) is 73.8 Å². The van der Waals surface area contributed by atoms with Gasteiger partial charge in [-0.1, -0.05) is 12.1 Å². The Morgan fingerprint density at radius 2 is 1.47 bits per heavy atom. The fourth-order valence-electron chi connectivity index (χ4n) is 2.79. The second kappa shape index (κ2) is 10.5. The lowest BCUT2D eigenvalue weighted by molar-refractivity contribution is -0.111. The van der Waals surface area contributed by atoms with Crippen LogP contribution in [-0.4, -0.2) is 28.0 Å². The molecule has 0 atom stereocenters. The van der Waals surface area contributed by atoms with Crippen molar-refractivity contribution in [2.75, 3.05) is 23.8 Å². The summed E-state index contributed by atoms with van der Waals surface area (Å²) in [6, 6.07) is 19.9. The van der Waals surface area contributed by atoms with Crippen LogP contribution in [-0.2, 0) is 14.8 Å². The van der Waals surface area contributed by atoms with Crippen LogP contribution < -0.4 is 19.5 Å². The third-order valence-electron chi connectivity index (χ3n) is 4.39. The number of nitrogens with one attached hydrogen (secondary N) is 2. The molecular weight excluding hydrogens is 428 g/mol. The summed E-state index contributed by atoms with van der Waals surface area (Å²) in [5.41, 5.74) is 1.77. The predicted molar refractivity (Wildman–Crippen MR) is 126 cm³/mol. The number of ether oxygens (including phenoxy) is 2. The minimum atomic E-state index is -3.73. The average molecular weight is 453 g/mol. The third kappa shape index (κ3) is 6.36. The highest BCUT2D eigenvalue weighted by Crippen LogP contribution is 2.20. The van der Waals surface area contributed by atoms with Gasteiger partial charge in [0.2, 0.25) is 5.91 Å². The Kier molecular flexibility index (Phi) is 7.51. The highest BCUT2D eigenvalue weighted by atomic mass is 32.2. The highest BCUT2D eigenvalue weighted by molar-refractivity contribution is 7.92. The molecule has 0 radical (unpaired) electrons. The van der Waals surface area contributed by atoms with Gasteiger partial charge in [-0.05, 0) is 79.2 Å². The third-order valence-corrected chi connectivity index (χ3v) is 5.79. The summed E-state index contributed by atoms with van der Waals surface area (Å²) in [5, 5.41) is 2.76. The Balaban J connectivity index is 1.60. The van der Waals surface area contributed by atoms with Gasteiger partial charge in [0.15, 0.2) is 0 Å². The van der Waals surface area contributed by atoms with E-state index in [4.69, 9.17) is 9.47 Å². The molecule has 1 amide bonds. The van der Waals surface area contributed by atoms with Gasteiger partial charge in [-0.25, -0.2) is 8.42 Å². The second-order valence-electron chi connectivity index (χ2n) is 6.68. The monoisotopic (exact) mass is 452 g/mol. The Labute approximate surface area is 187 Å². The first kappa shape index (κ1) is 22.9. The molecule has 2 N–H and O–H groups in total. The minimum absolute atomic E-state index is 0.115. The smallest absolute Gasteiger partial charge is 0.261 e. The van der Waals surface area contributed by atoms with Crippen LogP contribution in [0.3, 0.4) is 0 Å². The quantitative estimate of drug-likeness (QED) is 0.465. The van der Waals surface area contributed by atoms with Crippen molar-refractivity contribution in [3.8, 4) is 11.5 Å². The van der Waals surface area contributed by atoms with Gasteiger partial charge in [-0.3, -0.25) is 9.52 Å². The molecule has 0 bridgehead atoms. The Hall–Kier alpha value is -3.78. The zero-order valence-electron chi connectivity index (χ0n) is 17.7. The topological polar surface area (TPSA) is 93.7 Å². The summed E-state index contributed by atoms with van der Waals surface area (Å²) in [4.78, 5) is 12.2. The molecule has 0 saturated carbocycles. The van der Waals surface area contributed by atoms with Crippen LogP contribution >= 0.6 is 0 Å². The summed E-state index contributed by atoms with van der Waals surface area (Å²) >= 11 is 0. The van der Waals surface area contributed by atoms with Gasteiger partial charge in [0.05, 0.1) is 18.6 Å². The van der Waals surface area contributed by atoms with Crippen molar-refractivity contribution >= 4 is 33.4 Å². The summed E-state index contributed by atoms with van der Waals surface area (Å²) in [5.74, 6) is 1.07. The van der Waals surface area contributed by atoms with Crippen molar-refractivity contribution in [3.63, 3.8) is 0 Å². The van der Waals surface area contributed by atoms with Crippen LogP contribution in [0.2, 0.25) is 0 Å². The molecule has 3 rings (SSSR count). The number of benzene rings is 3. The molecule has 0 aliphatic carbocycles. The Bertz CT molecular complexity index is 1170. The number of anilines is 2. The molecule has 0 aliphatic rings. The normalized spacial score (nSPS) is 11.2. The van der Waals surface area contributed by atoms with E-state index in [1.807, 2.05) is 6.92 Å². The number of methoxy groups -OCH3 is 1. The number of carbonyl (C=O) groups is 1. The van der Waals surface area contributed by atoms with Gasteiger partial charge in [0.25, 0.3) is 10.0 Å².